The van der Waals surface area contributed by atoms with Gasteiger partial charge >= 0.3 is 0 Å². The summed E-state index contributed by atoms with van der Waals surface area (Å²) >= 11 is 0. The highest BCUT2D eigenvalue weighted by atomic mass is 31.1. The SMILES string of the molecule is CCCCCC(O)C1=CC=C(P2C(O)CC[C@@H]2NC)CC1C. The van der Waals surface area contributed by atoms with E-state index in [9.17, 15) is 10.2 Å². The summed E-state index contributed by atoms with van der Waals surface area (Å²) in [5.41, 5.74) is 1.18. The number of aliphatic hydroxyl groups is 2. The molecule has 1 heterocycles. The minimum atomic E-state index is -0.487. The molecular weight excluding hydrogens is 293 g/mol. The van der Waals surface area contributed by atoms with E-state index in [1.165, 1.54) is 23.7 Å². The summed E-state index contributed by atoms with van der Waals surface area (Å²) in [7, 11) is 1.52. The average molecular weight is 325 g/mol. The quantitative estimate of drug-likeness (QED) is 0.491. The van der Waals surface area contributed by atoms with Crippen LogP contribution in [0.2, 0.25) is 0 Å². The van der Waals surface area contributed by atoms with Crippen molar-refractivity contribution < 1.29 is 10.2 Å². The lowest BCUT2D eigenvalue weighted by Gasteiger charge is -2.31. The van der Waals surface area contributed by atoms with Crippen molar-refractivity contribution in [2.45, 2.75) is 76.5 Å². The normalized spacial score (nSPS) is 33.5. The summed E-state index contributed by atoms with van der Waals surface area (Å²) in [6.07, 6.45) is 11.4. The second-order valence-electron chi connectivity index (χ2n) is 6.71. The first-order chi connectivity index (χ1) is 10.6. The van der Waals surface area contributed by atoms with Gasteiger partial charge in [0.15, 0.2) is 0 Å². The van der Waals surface area contributed by atoms with E-state index < -0.39 is 7.92 Å². The first kappa shape index (κ1) is 18.1. The molecule has 1 aliphatic carbocycles. The molecule has 2 aliphatic rings. The van der Waals surface area contributed by atoms with Gasteiger partial charge in [-0.3, -0.25) is 0 Å². The fraction of sp³-hybridized carbons (Fsp3) is 0.778. The zero-order valence-electron chi connectivity index (χ0n) is 14.3. The molecule has 4 heteroatoms. The molecule has 1 aliphatic heterocycles. The number of unbranched alkanes of at least 4 members (excludes halogenated alkanes) is 2. The Morgan fingerprint density at radius 3 is 2.73 bits per heavy atom. The van der Waals surface area contributed by atoms with Gasteiger partial charge in [0.25, 0.3) is 0 Å². The van der Waals surface area contributed by atoms with E-state index in [1.807, 2.05) is 7.05 Å². The largest absolute Gasteiger partial charge is 0.389 e. The molecule has 0 bridgehead atoms. The summed E-state index contributed by atoms with van der Waals surface area (Å²) in [6, 6.07) is 0. The molecule has 22 heavy (non-hydrogen) atoms. The van der Waals surface area contributed by atoms with Crippen molar-refractivity contribution in [3.05, 3.63) is 23.0 Å². The first-order valence-electron chi connectivity index (χ1n) is 8.80. The predicted octanol–water partition coefficient (Wildman–Crippen LogP) is 3.92. The minimum Gasteiger partial charge on any atom is -0.389 e. The first-order valence-corrected chi connectivity index (χ1v) is 10.3. The van der Waals surface area contributed by atoms with Crippen LogP contribution in [0.15, 0.2) is 23.0 Å². The van der Waals surface area contributed by atoms with E-state index in [-0.39, 0.29) is 11.9 Å². The summed E-state index contributed by atoms with van der Waals surface area (Å²) < 4.78 is 0. The van der Waals surface area contributed by atoms with Gasteiger partial charge in [-0.25, -0.2) is 0 Å². The van der Waals surface area contributed by atoms with E-state index in [4.69, 9.17) is 0 Å². The van der Waals surface area contributed by atoms with E-state index in [0.717, 1.165) is 32.1 Å². The van der Waals surface area contributed by atoms with Gasteiger partial charge in [-0.15, -0.1) is 0 Å². The van der Waals surface area contributed by atoms with Crippen molar-refractivity contribution in [3.63, 3.8) is 0 Å². The second kappa shape index (κ2) is 8.59. The van der Waals surface area contributed by atoms with Crippen molar-refractivity contribution >= 4 is 7.92 Å². The molecule has 2 rings (SSSR count). The third-order valence-electron chi connectivity index (χ3n) is 5.04. The zero-order chi connectivity index (χ0) is 16.1. The fourth-order valence-corrected chi connectivity index (χ4v) is 6.77. The second-order valence-corrected chi connectivity index (χ2v) is 9.32. The molecule has 1 saturated heterocycles. The molecule has 0 aromatic rings. The lowest BCUT2D eigenvalue weighted by Crippen LogP contribution is -2.23. The van der Waals surface area contributed by atoms with Gasteiger partial charge in [0.05, 0.1) is 11.9 Å². The van der Waals surface area contributed by atoms with Gasteiger partial charge < -0.3 is 15.5 Å². The number of nitrogens with one attached hydrogen (secondary N) is 1. The molecule has 1 fully saturated rings. The van der Waals surface area contributed by atoms with Crippen molar-refractivity contribution in [3.8, 4) is 0 Å². The average Bonchev–Trinajstić information content (AvgIpc) is 2.88. The third kappa shape index (κ3) is 4.20. The predicted molar refractivity (Wildman–Crippen MR) is 95.1 cm³/mol. The monoisotopic (exact) mass is 325 g/mol. The molecule has 3 nitrogen and oxygen atoms in total. The van der Waals surface area contributed by atoms with Crippen molar-refractivity contribution in [1.29, 1.82) is 0 Å². The van der Waals surface area contributed by atoms with Crippen molar-refractivity contribution in [2.24, 2.45) is 5.92 Å². The van der Waals surface area contributed by atoms with Crippen LogP contribution < -0.4 is 5.32 Å². The standard InChI is InChI=1S/C18H32NO2P/c1-4-5-6-7-16(20)15-9-8-14(12-13(15)2)22-17(19-3)10-11-18(22)21/h8-9,13,16-21H,4-7,10-12H2,1-3H3/t13?,16?,17-,18?,22?/m1/s1. The maximum atomic E-state index is 10.4. The Morgan fingerprint density at radius 1 is 1.32 bits per heavy atom. The minimum absolute atomic E-state index is 0.157. The molecule has 3 N–H and O–H groups in total. The molecule has 0 aromatic heterocycles. The maximum absolute atomic E-state index is 10.4. The van der Waals surface area contributed by atoms with Gasteiger partial charge in [-0.05, 0) is 57.5 Å². The Balaban J connectivity index is 2.04. The molecule has 0 radical (unpaired) electrons. The van der Waals surface area contributed by atoms with Crippen LogP contribution >= 0.6 is 7.92 Å². The van der Waals surface area contributed by atoms with Gasteiger partial charge in [0.2, 0.25) is 0 Å². The molecule has 0 spiro atoms. The highest BCUT2D eigenvalue weighted by molar-refractivity contribution is 7.63. The Bertz CT molecular complexity index is 421. The number of rotatable bonds is 7. The number of allylic oxidation sites excluding steroid dienone is 3. The number of hydrogen-bond acceptors (Lipinski definition) is 3. The molecule has 0 amide bonds. The molecule has 4 unspecified atom stereocenters. The van der Waals surface area contributed by atoms with Gasteiger partial charge in [0, 0.05) is 5.78 Å². The zero-order valence-corrected chi connectivity index (χ0v) is 15.1. The topological polar surface area (TPSA) is 52.5 Å². The number of aliphatic hydroxyl groups excluding tert-OH is 2. The Hall–Kier alpha value is -0.210. The van der Waals surface area contributed by atoms with Gasteiger partial charge in [0.1, 0.15) is 0 Å². The van der Waals surface area contributed by atoms with E-state index in [2.05, 4.69) is 31.3 Å². The molecule has 0 aromatic carbocycles. The van der Waals surface area contributed by atoms with Crippen LogP contribution in [0.5, 0.6) is 0 Å². The highest BCUT2D eigenvalue weighted by Gasteiger charge is 2.37. The number of hydrogen-bond donors (Lipinski definition) is 3. The van der Waals surface area contributed by atoms with Crippen LogP contribution in [0.25, 0.3) is 0 Å². The van der Waals surface area contributed by atoms with Crippen LogP contribution in [0.3, 0.4) is 0 Å². The van der Waals surface area contributed by atoms with Crippen LogP contribution in [0.4, 0.5) is 0 Å². The Morgan fingerprint density at radius 2 is 2.09 bits per heavy atom. The van der Waals surface area contributed by atoms with Gasteiger partial charge in [-0.1, -0.05) is 45.3 Å². The van der Waals surface area contributed by atoms with E-state index in [1.54, 1.807) is 0 Å². The van der Waals surface area contributed by atoms with E-state index in [0.29, 0.717) is 11.7 Å². The molecule has 5 atom stereocenters. The highest BCUT2D eigenvalue weighted by Crippen LogP contribution is 2.61. The summed E-state index contributed by atoms with van der Waals surface area (Å²) in [4.78, 5) is 0. The lowest BCUT2D eigenvalue weighted by atomic mass is 9.87. The Labute approximate surface area is 136 Å². The van der Waals surface area contributed by atoms with Crippen LogP contribution in [-0.2, 0) is 0 Å². The van der Waals surface area contributed by atoms with Crippen LogP contribution in [0, 0.1) is 5.92 Å². The summed E-state index contributed by atoms with van der Waals surface area (Å²) in [5.74, 6) is 0.688. The van der Waals surface area contributed by atoms with Gasteiger partial charge in [-0.2, -0.15) is 0 Å². The smallest absolute Gasteiger partial charge is 0.0784 e. The Kier molecular flexibility index (Phi) is 7.08. The summed E-state index contributed by atoms with van der Waals surface area (Å²) in [6.45, 7) is 4.41. The van der Waals surface area contributed by atoms with E-state index >= 15 is 0 Å². The fourth-order valence-electron chi connectivity index (χ4n) is 3.71. The maximum Gasteiger partial charge on any atom is 0.0784 e. The van der Waals surface area contributed by atoms with Crippen molar-refractivity contribution in [2.75, 3.05) is 7.05 Å². The van der Waals surface area contributed by atoms with Crippen molar-refractivity contribution in [1.82, 2.24) is 5.32 Å². The molecule has 0 saturated carbocycles. The molecular formula is C18H32NO2P. The van der Waals surface area contributed by atoms with Crippen LogP contribution in [0.1, 0.15) is 58.8 Å². The molecule has 126 valence electrons. The third-order valence-corrected chi connectivity index (χ3v) is 8.12. The van der Waals surface area contributed by atoms with Crippen LogP contribution in [-0.4, -0.2) is 35.0 Å². The summed E-state index contributed by atoms with van der Waals surface area (Å²) in [5, 5.41) is 25.5. The lowest BCUT2D eigenvalue weighted by molar-refractivity contribution is 0.183.